The highest BCUT2D eigenvalue weighted by Gasteiger charge is 2.26. The molecule has 0 saturated carbocycles. The number of carbonyl (C=O) groups is 1. The molecular formula is C18H28N2O2. The summed E-state index contributed by atoms with van der Waals surface area (Å²) >= 11 is 0. The third-order valence-corrected chi connectivity index (χ3v) is 4.84. The molecule has 1 saturated heterocycles. The molecule has 4 heteroatoms. The van der Waals surface area contributed by atoms with E-state index >= 15 is 0 Å². The van der Waals surface area contributed by atoms with Gasteiger partial charge in [-0.05, 0) is 44.7 Å². The summed E-state index contributed by atoms with van der Waals surface area (Å²) in [5.41, 5.74) is 1.15. The minimum atomic E-state index is -0.293. The molecule has 3 unspecified atom stereocenters. The fourth-order valence-electron chi connectivity index (χ4n) is 3.10. The largest absolute Gasteiger partial charge is 0.393 e. The molecule has 0 aromatic heterocycles. The van der Waals surface area contributed by atoms with Gasteiger partial charge in [0.2, 0.25) is 5.91 Å². The van der Waals surface area contributed by atoms with E-state index in [9.17, 15) is 9.90 Å². The van der Waals surface area contributed by atoms with Crippen molar-refractivity contribution in [2.75, 3.05) is 26.7 Å². The molecule has 1 aliphatic rings. The summed E-state index contributed by atoms with van der Waals surface area (Å²) in [5, 5.41) is 9.75. The van der Waals surface area contributed by atoms with Gasteiger partial charge in [-0.3, -0.25) is 9.69 Å². The van der Waals surface area contributed by atoms with E-state index < -0.39 is 0 Å². The second-order valence-electron chi connectivity index (χ2n) is 6.47. The Morgan fingerprint density at radius 2 is 2.05 bits per heavy atom. The highest BCUT2D eigenvalue weighted by molar-refractivity contribution is 5.78. The van der Waals surface area contributed by atoms with E-state index in [2.05, 4.69) is 24.0 Å². The van der Waals surface area contributed by atoms with E-state index in [0.29, 0.717) is 12.5 Å². The third kappa shape index (κ3) is 4.31. The first kappa shape index (κ1) is 17.0. The molecule has 1 heterocycles. The van der Waals surface area contributed by atoms with Gasteiger partial charge in [0.25, 0.3) is 0 Å². The maximum absolute atomic E-state index is 12.5. The zero-order valence-electron chi connectivity index (χ0n) is 13.9. The lowest BCUT2D eigenvalue weighted by Crippen LogP contribution is -2.45. The van der Waals surface area contributed by atoms with Crippen LogP contribution in [0.4, 0.5) is 0 Å². The summed E-state index contributed by atoms with van der Waals surface area (Å²) in [5.74, 6) is 0.431. The number of amides is 1. The van der Waals surface area contributed by atoms with E-state index in [-0.39, 0.29) is 18.1 Å². The van der Waals surface area contributed by atoms with Crippen LogP contribution in [-0.4, -0.2) is 53.6 Å². The summed E-state index contributed by atoms with van der Waals surface area (Å²) in [4.78, 5) is 16.5. The van der Waals surface area contributed by atoms with Crippen LogP contribution in [0.15, 0.2) is 30.3 Å². The van der Waals surface area contributed by atoms with Crippen LogP contribution in [0.5, 0.6) is 0 Å². The van der Waals surface area contributed by atoms with Crippen molar-refractivity contribution in [1.82, 2.24) is 9.80 Å². The highest BCUT2D eigenvalue weighted by Crippen LogP contribution is 2.21. The van der Waals surface area contributed by atoms with Crippen molar-refractivity contribution in [2.24, 2.45) is 5.92 Å². The Balaban J connectivity index is 1.91. The molecular weight excluding hydrogens is 276 g/mol. The quantitative estimate of drug-likeness (QED) is 0.908. The molecule has 122 valence electrons. The minimum absolute atomic E-state index is 0.0750. The molecule has 1 aromatic carbocycles. The van der Waals surface area contributed by atoms with Crippen LogP contribution in [0.1, 0.15) is 38.3 Å². The topological polar surface area (TPSA) is 43.8 Å². The second-order valence-corrected chi connectivity index (χ2v) is 6.47. The lowest BCUT2D eigenvalue weighted by molar-refractivity contribution is -0.133. The molecule has 3 atom stereocenters. The zero-order valence-corrected chi connectivity index (χ0v) is 13.9. The van der Waals surface area contributed by atoms with Crippen molar-refractivity contribution in [2.45, 2.75) is 38.8 Å². The van der Waals surface area contributed by atoms with Crippen molar-refractivity contribution in [3.8, 4) is 0 Å². The maximum Gasteiger partial charge on any atom is 0.236 e. The van der Waals surface area contributed by atoms with Gasteiger partial charge in [0.05, 0.1) is 18.7 Å². The van der Waals surface area contributed by atoms with Gasteiger partial charge in [-0.2, -0.15) is 0 Å². The molecule has 0 spiro atoms. The Morgan fingerprint density at radius 1 is 1.36 bits per heavy atom. The van der Waals surface area contributed by atoms with E-state index in [0.717, 1.165) is 31.5 Å². The van der Waals surface area contributed by atoms with Crippen molar-refractivity contribution in [3.05, 3.63) is 35.9 Å². The lowest BCUT2D eigenvalue weighted by Gasteiger charge is -2.35. The Labute approximate surface area is 133 Å². The number of rotatable bonds is 5. The smallest absolute Gasteiger partial charge is 0.236 e. The molecule has 22 heavy (non-hydrogen) atoms. The van der Waals surface area contributed by atoms with Gasteiger partial charge >= 0.3 is 0 Å². The number of benzene rings is 1. The molecule has 4 nitrogen and oxygen atoms in total. The van der Waals surface area contributed by atoms with Crippen molar-refractivity contribution < 1.29 is 9.90 Å². The summed E-state index contributed by atoms with van der Waals surface area (Å²) in [6.07, 6.45) is 1.82. The summed E-state index contributed by atoms with van der Waals surface area (Å²) in [6, 6.07) is 10.2. The van der Waals surface area contributed by atoms with E-state index in [1.807, 2.05) is 37.1 Å². The van der Waals surface area contributed by atoms with Crippen LogP contribution in [-0.2, 0) is 4.79 Å². The Bertz CT molecular complexity index is 475. The average molecular weight is 304 g/mol. The fraction of sp³-hybridized carbons (Fsp3) is 0.611. The molecule has 1 aliphatic heterocycles. The summed E-state index contributed by atoms with van der Waals surface area (Å²) < 4.78 is 0. The fourth-order valence-corrected chi connectivity index (χ4v) is 3.10. The highest BCUT2D eigenvalue weighted by atomic mass is 16.3. The number of likely N-dealkylation sites (tertiary alicyclic amines) is 1. The Morgan fingerprint density at radius 3 is 2.68 bits per heavy atom. The third-order valence-electron chi connectivity index (χ3n) is 4.84. The lowest BCUT2D eigenvalue weighted by atomic mass is 9.93. The number of hydrogen-bond donors (Lipinski definition) is 1. The van der Waals surface area contributed by atoms with Crippen LogP contribution < -0.4 is 0 Å². The van der Waals surface area contributed by atoms with E-state index in [1.165, 1.54) is 0 Å². The first-order valence-corrected chi connectivity index (χ1v) is 8.20. The molecule has 1 fully saturated rings. The number of aliphatic hydroxyl groups is 1. The first-order valence-electron chi connectivity index (χ1n) is 8.20. The number of likely N-dealkylation sites (N-methyl/N-ethyl adjacent to an activating group) is 1. The molecule has 0 radical (unpaired) electrons. The maximum atomic E-state index is 12.5. The standard InChI is InChI=1S/C18H28N2O2/c1-14(16-8-5-4-6-9-16)19(3)18(22)13-20-11-7-10-17(12-20)15(2)21/h4-6,8-9,14-15,17,21H,7,10-13H2,1-3H3. The van der Waals surface area contributed by atoms with Crippen LogP contribution in [0.25, 0.3) is 0 Å². The number of nitrogens with zero attached hydrogens (tertiary/aromatic N) is 2. The first-order chi connectivity index (χ1) is 10.5. The SMILES string of the molecule is CC(O)C1CCCN(CC(=O)N(C)C(C)c2ccccc2)C1. The van der Waals surface area contributed by atoms with Crippen LogP contribution in [0.3, 0.4) is 0 Å². The van der Waals surface area contributed by atoms with Gasteiger partial charge in [0.1, 0.15) is 0 Å². The van der Waals surface area contributed by atoms with Crippen molar-refractivity contribution in [3.63, 3.8) is 0 Å². The van der Waals surface area contributed by atoms with Gasteiger partial charge in [0.15, 0.2) is 0 Å². The molecule has 2 rings (SSSR count). The summed E-state index contributed by atoms with van der Waals surface area (Å²) in [7, 11) is 1.87. The molecule has 1 amide bonds. The van der Waals surface area contributed by atoms with Crippen molar-refractivity contribution in [1.29, 1.82) is 0 Å². The second kappa shape index (κ2) is 7.75. The Hall–Kier alpha value is -1.39. The minimum Gasteiger partial charge on any atom is -0.393 e. The molecule has 0 bridgehead atoms. The predicted octanol–water partition coefficient (Wildman–Crippen LogP) is 2.30. The normalized spacial score (nSPS) is 22.1. The molecule has 1 aromatic rings. The number of aliphatic hydroxyl groups excluding tert-OH is 1. The number of carbonyl (C=O) groups excluding carboxylic acids is 1. The van der Waals surface area contributed by atoms with Gasteiger partial charge < -0.3 is 10.0 Å². The van der Waals surface area contributed by atoms with Gasteiger partial charge in [-0.1, -0.05) is 30.3 Å². The Kier molecular flexibility index (Phi) is 5.98. The predicted molar refractivity (Wildman–Crippen MR) is 88.5 cm³/mol. The van der Waals surface area contributed by atoms with Crippen LogP contribution >= 0.6 is 0 Å². The number of piperidine rings is 1. The van der Waals surface area contributed by atoms with Gasteiger partial charge in [-0.15, -0.1) is 0 Å². The number of hydrogen-bond acceptors (Lipinski definition) is 3. The van der Waals surface area contributed by atoms with E-state index in [4.69, 9.17) is 0 Å². The van der Waals surface area contributed by atoms with E-state index in [1.54, 1.807) is 0 Å². The molecule has 1 N–H and O–H groups in total. The zero-order chi connectivity index (χ0) is 16.1. The molecule has 0 aliphatic carbocycles. The van der Waals surface area contributed by atoms with Crippen LogP contribution in [0.2, 0.25) is 0 Å². The monoisotopic (exact) mass is 304 g/mol. The van der Waals surface area contributed by atoms with Crippen LogP contribution in [0, 0.1) is 5.92 Å². The van der Waals surface area contributed by atoms with Crippen molar-refractivity contribution >= 4 is 5.91 Å². The van der Waals surface area contributed by atoms with Gasteiger partial charge in [-0.25, -0.2) is 0 Å². The van der Waals surface area contributed by atoms with Gasteiger partial charge in [0, 0.05) is 13.6 Å². The summed E-state index contributed by atoms with van der Waals surface area (Å²) in [6.45, 7) is 6.11. The average Bonchev–Trinajstić information content (AvgIpc) is 2.54.